The van der Waals surface area contributed by atoms with E-state index in [1.54, 1.807) is 29.2 Å². The van der Waals surface area contributed by atoms with Gasteiger partial charge in [-0.15, -0.1) is 0 Å². The Morgan fingerprint density at radius 3 is 2.38 bits per heavy atom. The highest BCUT2D eigenvalue weighted by atomic mass is 16.3. The van der Waals surface area contributed by atoms with Crippen LogP contribution in [0.3, 0.4) is 0 Å². The van der Waals surface area contributed by atoms with E-state index in [9.17, 15) is 19.5 Å². The number of furan rings is 1. The average Bonchev–Trinajstić information content (AvgIpc) is 3.45. The fourth-order valence-electron chi connectivity index (χ4n) is 4.82. The van der Waals surface area contributed by atoms with Crippen LogP contribution in [0, 0.1) is 12.3 Å². The molecule has 4 aromatic rings. The molecule has 1 aromatic heterocycles. The molecule has 0 saturated carbocycles. The number of para-hydroxylation sites is 1. The monoisotopic (exact) mass is 499 g/mol. The maximum atomic E-state index is 13.5. The van der Waals surface area contributed by atoms with Crippen LogP contribution < -0.4 is 26.4 Å². The minimum atomic E-state index is -0.642. The molecule has 0 radical (unpaired) electrons. The fourth-order valence-corrected chi connectivity index (χ4v) is 4.82. The summed E-state index contributed by atoms with van der Waals surface area (Å²) in [6, 6.07) is 15.9. The van der Waals surface area contributed by atoms with E-state index in [1.165, 1.54) is 0 Å². The number of aryl methyl sites for hydroxylation is 1. The van der Waals surface area contributed by atoms with E-state index >= 15 is 0 Å². The molecule has 1 aliphatic rings. The molecule has 0 unspecified atom stereocenters. The Balaban J connectivity index is 1.47. The Bertz CT molecular complexity index is 1570. The van der Waals surface area contributed by atoms with Gasteiger partial charge in [0.1, 0.15) is 22.9 Å². The number of aliphatic hydroxyl groups is 1. The maximum absolute atomic E-state index is 13.5. The molecule has 0 fully saturated rings. The Morgan fingerprint density at radius 1 is 0.973 bits per heavy atom. The second-order valence-electron chi connectivity index (χ2n) is 10.4. The molecule has 1 amide bonds. The van der Waals surface area contributed by atoms with Crippen molar-refractivity contribution in [2.75, 3.05) is 15.5 Å². The molecule has 2 heterocycles. The highest BCUT2D eigenvalue weighted by molar-refractivity contribution is 6.14. The summed E-state index contributed by atoms with van der Waals surface area (Å²) in [6.45, 7) is 8.04. The van der Waals surface area contributed by atoms with Crippen molar-refractivity contribution in [1.29, 1.82) is 0 Å². The molecule has 3 N–H and O–H groups in total. The van der Waals surface area contributed by atoms with Crippen LogP contribution in [0.25, 0.3) is 0 Å². The minimum Gasteiger partial charge on any atom is -0.464 e. The van der Waals surface area contributed by atoms with Crippen LogP contribution in [0.1, 0.15) is 59.8 Å². The third kappa shape index (κ3) is 4.23. The van der Waals surface area contributed by atoms with Gasteiger partial charge >= 0.3 is 0 Å². The van der Waals surface area contributed by atoms with E-state index in [0.717, 1.165) is 11.3 Å². The van der Waals surface area contributed by atoms with Crippen LogP contribution in [-0.2, 0) is 13.2 Å². The van der Waals surface area contributed by atoms with E-state index < -0.39 is 10.9 Å². The van der Waals surface area contributed by atoms with Crippen LogP contribution in [0.15, 0.2) is 68.6 Å². The molecule has 8 nitrogen and oxygen atoms in total. The number of amides is 1. The van der Waals surface area contributed by atoms with Gasteiger partial charge in [-0.25, -0.2) is 0 Å². The van der Waals surface area contributed by atoms with Crippen LogP contribution in [-0.4, -0.2) is 11.0 Å². The molecule has 8 heteroatoms. The number of carbonyl (C=O) groups is 1. The second-order valence-corrected chi connectivity index (χ2v) is 10.4. The molecule has 0 spiro atoms. The van der Waals surface area contributed by atoms with Crippen molar-refractivity contribution in [3.05, 3.63) is 103 Å². The predicted octanol–water partition coefficient (Wildman–Crippen LogP) is 4.78. The number of hydrogen-bond donors (Lipinski definition) is 3. The van der Waals surface area contributed by atoms with E-state index in [-0.39, 0.29) is 35.3 Å². The smallest absolute Gasteiger partial charge is 0.261 e. The van der Waals surface area contributed by atoms with Crippen molar-refractivity contribution in [3.63, 3.8) is 0 Å². The summed E-state index contributed by atoms with van der Waals surface area (Å²) in [5.41, 5.74) is 1.66. The zero-order chi connectivity index (χ0) is 26.5. The fraction of sp³-hybridized carbons (Fsp3) is 0.276. The first-order chi connectivity index (χ1) is 17.6. The molecular formula is C29H29N3O5. The van der Waals surface area contributed by atoms with Crippen molar-refractivity contribution >= 4 is 28.7 Å². The standard InChI is InChI=1S/C29H29N3O5/c1-16-12-13-21(37-16)27(29(2,3)4)31-24-23(25(34)26(24)35)30-19-10-7-9-17-14-32(28(36)22(17)19)20-11-6-5-8-18(20)15-33/h5-13,27,30-31,33H,14-15H2,1-4H3/t27-/m0/s1. The molecule has 1 aliphatic heterocycles. The normalized spacial score (nSPS) is 14.2. The number of fused-ring (bicyclic) bond motifs is 1. The second kappa shape index (κ2) is 9.05. The van der Waals surface area contributed by atoms with Crippen LogP contribution in [0.2, 0.25) is 0 Å². The van der Waals surface area contributed by atoms with E-state index in [0.29, 0.717) is 34.8 Å². The Kier molecular flexibility index (Phi) is 6.00. The van der Waals surface area contributed by atoms with Gasteiger partial charge < -0.3 is 25.1 Å². The SMILES string of the molecule is Cc1ccc([C@H](Nc2c(Nc3cccc4c3C(=O)N(c3ccccc3CO)C4)c(=O)c2=O)C(C)(C)C)o1. The maximum Gasteiger partial charge on any atom is 0.261 e. The summed E-state index contributed by atoms with van der Waals surface area (Å²) in [5.74, 6) is 1.17. The first kappa shape index (κ1) is 24.5. The lowest BCUT2D eigenvalue weighted by Crippen LogP contribution is -2.39. The summed E-state index contributed by atoms with van der Waals surface area (Å²) in [5, 5.41) is 16.1. The lowest BCUT2D eigenvalue weighted by molar-refractivity contribution is 0.0997. The summed E-state index contributed by atoms with van der Waals surface area (Å²) in [6.07, 6.45) is 0. The number of anilines is 4. The van der Waals surface area contributed by atoms with Crippen molar-refractivity contribution in [1.82, 2.24) is 0 Å². The Morgan fingerprint density at radius 2 is 1.70 bits per heavy atom. The molecule has 0 bridgehead atoms. The van der Waals surface area contributed by atoms with Crippen molar-refractivity contribution in [3.8, 4) is 0 Å². The topological polar surface area (TPSA) is 112 Å². The average molecular weight is 500 g/mol. The van der Waals surface area contributed by atoms with Crippen molar-refractivity contribution in [2.24, 2.45) is 5.41 Å². The molecule has 190 valence electrons. The highest BCUT2D eigenvalue weighted by Gasteiger charge is 2.35. The number of benzene rings is 2. The molecule has 0 saturated heterocycles. The molecule has 37 heavy (non-hydrogen) atoms. The number of hydrogen-bond acceptors (Lipinski definition) is 7. The van der Waals surface area contributed by atoms with Gasteiger partial charge in [0.05, 0.1) is 30.4 Å². The minimum absolute atomic E-state index is 0.123. The molecule has 5 rings (SSSR count). The lowest BCUT2D eigenvalue weighted by Gasteiger charge is -2.31. The summed E-state index contributed by atoms with van der Waals surface area (Å²) < 4.78 is 5.83. The third-order valence-electron chi connectivity index (χ3n) is 6.76. The van der Waals surface area contributed by atoms with E-state index in [2.05, 4.69) is 10.6 Å². The van der Waals surface area contributed by atoms with Gasteiger partial charge in [-0.05, 0) is 42.2 Å². The van der Waals surface area contributed by atoms with Crippen LogP contribution >= 0.6 is 0 Å². The predicted molar refractivity (Wildman–Crippen MR) is 143 cm³/mol. The van der Waals surface area contributed by atoms with Crippen LogP contribution in [0.5, 0.6) is 0 Å². The third-order valence-corrected chi connectivity index (χ3v) is 6.76. The van der Waals surface area contributed by atoms with Gasteiger partial charge in [-0.3, -0.25) is 14.4 Å². The summed E-state index contributed by atoms with van der Waals surface area (Å²) in [4.78, 5) is 40.4. The zero-order valence-electron chi connectivity index (χ0n) is 21.2. The van der Waals surface area contributed by atoms with Gasteiger partial charge in [0.15, 0.2) is 0 Å². The van der Waals surface area contributed by atoms with Crippen LogP contribution in [0.4, 0.5) is 22.7 Å². The summed E-state index contributed by atoms with van der Waals surface area (Å²) >= 11 is 0. The summed E-state index contributed by atoms with van der Waals surface area (Å²) in [7, 11) is 0. The number of carbonyl (C=O) groups excluding carboxylic acids is 1. The van der Waals surface area contributed by atoms with Crippen molar-refractivity contribution < 1.29 is 14.3 Å². The van der Waals surface area contributed by atoms with Gasteiger partial charge in [0.2, 0.25) is 0 Å². The molecule has 1 atom stereocenters. The quantitative estimate of drug-likeness (QED) is 0.314. The number of rotatable bonds is 7. The number of nitrogens with one attached hydrogen (secondary N) is 2. The first-order valence-electron chi connectivity index (χ1n) is 12.2. The van der Waals surface area contributed by atoms with Gasteiger partial charge in [0.25, 0.3) is 16.8 Å². The molecule has 3 aromatic carbocycles. The van der Waals surface area contributed by atoms with E-state index in [1.807, 2.05) is 58.0 Å². The van der Waals surface area contributed by atoms with Gasteiger partial charge in [-0.1, -0.05) is 51.1 Å². The van der Waals surface area contributed by atoms with Crippen molar-refractivity contribution in [2.45, 2.75) is 46.9 Å². The largest absolute Gasteiger partial charge is 0.464 e. The van der Waals surface area contributed by atoms with Gasteiger partial charge in [-0.2, -0.15) is 0 Å². The lowest BCUT2D eigenvalue weighted by atomic mass is 9.85. The number of aliphatic hydroxyl groups excluding tert-OH is 1. The van der Waals surface area contributed by atoms with E-state index in [4.69, 9.17) is 4.42 Å². The number of nitrogens with zero attached hydrogens (tertiary/aromatic N) is 1. The van der Waals surface area contributed by atoms with Gasteiger partial charge in [0, 0.05) is 11.3 Å². The Hall–Kier alpha value is -4.17. The first-order valence-corrected chi connectivity index (χ1v) is 12.2. The Labute approximate surface area is 214 Å². The zero-order valence-corrected chi connectivity index (χ0v) is 21.2. The molecule has 0 aliphatic carbocycles. The molecular weight excluding hydrogens is 470 g/mol. The highest BCUT2D eigenvalue weighted by Crippen LogP contribution is 2.39.